The van der Waals surface area contributed by atoms with Crippen LogP contribution in [-0.2, 0) is 9.53 Å². The summed E-state index contributed by atoms with van der Waals surface area (Å²) < 4.78 is 20.5. The molecule has 1 atom stereocenters. The van der Waals surface area contributed by atoms with E-state index in [1.54, 1.807) is 12.1 Å². The fourth-order valence-corrected chi connectivity index (χ4v) is 2.76. The fraction of sp³-hybridized carbons (Fsp3) is 0.500. The Balaban J connectivity index is 2.37. The largest absolute Gasteiger partial charge is 0.493 e. The summed E-state index contributed by atoms with van der Waals surface area (Å²) in [5, 5.41) is 0. The van der Waals surface area contributed by atoms with Gasteiger partial charge in [0.2, 0.25) is 5.75 Å². The van der Waals surface area contributed by atoms with Gasteiger partial charge in [-0.05, 0) is 25.0 Å². The number of likely N-dealkylation sites (tertiary alicyclic amines) is 1. The van der Waals surface area contributed by atoms with Gasteiger partial charge < -0.3 is 23.8 Å². The number of amides is 1. The van der Waals surface area contributed by atoms with Crippen molar-refractivity contribution in [2.75, 3.05) is 35.0 Å². The van der Waals surface area contributed by atoms with E-state index in [0.29, 0.717) is 35.8 Å². The number of benzene rings is 1. The first-order valence-electron chi connectivity index (χ1n) is 7.26. The van der Waals surface area contributed by atoms with Crippen molar-refractivity contribution in [3.05, 3.63) is 17.7 Å². The average molecular weight is 323 g/mol. The molecular formula is C16H21NO6. The highest BCUT2D eigenvalue weighted by molar-refractivity contribution is 5.98. The third-order valence-corrected chi connectivity index (χ3v) is 3.90. The summed E-state index contributed by atoms with van der Waals surface area (Å²) in [5.74, 6) is 0.533. The molecule has 0 saturated carbocycles. The van der Waals surface area contributed by atoms with E-state index in [1.165, 1.54) is 33.3 Å². The number of hydrogen-bond acceptors (Lipinski definition) is 6. The molecule has 0 radical (unpaired) electrons. The van der Waals surface area contributed by atoms with Gasteiger partial charge in [0.1, 0.15) is 6.04 Å². The second-order valence-electron chi connectivity index (χ2n) is 5.09. The Kier molecular flexibility index (Phi) is 5.31. The molecule has 0 bridgehead atoms. The number of methoxy groups -OCH3 is 4. The first-order chi connectivity index (χ1) is 11.1. The van der Waals surface area contributed by atoms with Crippen LogP contribution >= 0.6 is 0 Å². The Hall–Kier alpha value is -2.44. The Morgan fingerprint density at radius 1 is 1.04 bits per heavy atom. The summed E-state index contributed by atoms with van der Waals surface area (Å²) in [5.41, 5.74) is 0.371. The van der Waals surface area contributed by atoms with Crippen molar-refractivity contribution in [3.63, 3.8) is 0 Å². The number of nitrogens with zero attached hydrogens (tertiary/aromatic N) is 1. The summed E-state index contributed by atoms with van der Waals surface area (Å²) in [6.07, 6.45) is 1.36. The van der Waals surface area contributed by atoms with Gasteiger partial charge in [0.05, 0.1) is 28.4 Å². The minimum Gasteiger partial charge on any atom is -0.493 e. The fourth-order valence-electron chi connectivity index (χ4n) is 2.76. The van der Waals surface area contributed by atoms with Crippen LogP contribution in [0.15, 0.2) is 12.1 Å². The predicted octanol–water partition coefficient (Wildman–Crippen LogP) is 1.49. The van der Waals surface area contributed by atoms with Crippen molar-refractivity contribution in [2.24, 2.45) is 0 Å². The molecule has 7 nitrogen and oxygen atoms in total. The SMILES string of the molecule is COC(=O)[C@@H]1CCCN1C(=O)c1cc(OC)c(OC)c(OC)c1. The smallest absolute Gasteiger partial charge is 0.328 e. The van der Waals surface area contributed by atoms with Crippen molar-refractivity contribution in [1.82, 2.24) is 4.90 Å². The second-order valence-corrected chi connectivity index (χ2v) is 5.09. The molecule has 1 saturated heterocycles. The zero-order valence-electron chi connectivity index (χ0n) is 13.8. The van der Waals surface area contributed by atoms with Gasteiger partial charge in [-0.15, -0.1) is 0 Å². The molecule has 0 N–H and O–H groups in total. The molecule has 0 aromatic heterocycles. The van der Waals surface area contributed by atoms with Gasteiger partial charge in [-0.3, -0.25) is 4.79 Å². The number of hydrogen-bond donors (Lipinski definition) is 0. The first-order valence-corrected chi connectivity index (χ1v) is 7.26. The predicted molar refractivity (Wildman–Crippen MR) is 82.2 cm³/mol. The highest BCUT2D eigenvalue weighted by atomic mass is 16.5. The van der Waals surface area contributed by atoms with E-state index in [-0.39, 0.29) is 5.91 Å². The number of rotatable bonds is 5. The van der Waals surface area contributed by atoms with E-state index in [4.69, 9.17) is 18.9 Å². The van der Waals surface area contributed by atoms with Gasteiger partial charge in [0.25, 0.3) is 5.91 Å². The summed E-state index contributed by atoms with van der Waals surface area (Å²) in [6, 6.07) is 2.61. The van der Waals surface area contributed by atoms with Crippen LogP contribution in [0.2, 0.25) is 0 Å². The molecule has 1 aromatic carbocycles. The van der Waals surface area contributed by atoms with E-state index < -0.39 is 12.0 Å². The van der Waals surface area contributed by atoms with E-state index in [2.05, 4.69) is 0 Å². The number of carbonyl (C=O) groups is 2. The van der Waals surface area contributed by atoms with E-state index in [0.717, 1.165) is 6.42 Å². The lowest BCUT2D eigenvalue weighted by atomic mass is 10.1. The Morgan fingerprint density at radius 2 is 1.65 bits per heavy atom. The molecule has 0 aliphatic carbocycles. The van der Waals surface area contributed by atoms with E-state index in [1.807, 2.05) is 0 Å². The third-order valence-electron chi connectivity index (χ3n) is 3.90. The van der Waals surface area contributed by atoms with Gasteiger partial charge in [-0.25, -0.2) is 4.79 Å². The van der Waals surface area contributed by atoms with Crippen LogP contribution < -0.4 is 14.2 Å². The quantitative estimate of drug-likeness (QED) is 0.764. The molecule has 1 fully saturated rings. The van der Waals surface area contributed by atoms with Crippen molar-refractivity contribution >= 4 is 11.9 Å². The summed E-state index contributed by atoms with van der Waals surface area (Å²) >= 11 is 0. The monoisotopic (exact) mass is 323 g/mol. The lowest BCUT2D eigenvalue weighted by Gasteiger charge is -2.23. The summed E-state index contributed by atoms with van der Waals surface area (Å²) in [4.78, 5) is 26.1. The van der Waals surface area contributed by atoms with Gasteiger partial charge >= 0.3 is 5.97 Å². The van der Waals surface area contributed by atoms with Crippen LogP contribution in [0.25, 0.3) is 0 Å². The molecule has 1 aliphatic heterocycles. The first kappa shape index (κ1) is 16.9. The molecule has 1 amide bonds. The van der Waals surface area contributed by atoms with Gasteiger partial charge in [-0.1, -0.05) is 0 Å². The number of esters is 1. The van der Waals surface area contributed by atoms with Crippen LogP contribution in [0.5, 0.6) is 17.2 Å². The standard InChI is InChI=1S/C16H21NO6/c1-20-12-8-10(9-13(21-2)14(12)22-3)15(18)17-7-5-6-11(17)16(19)23-4/h8-9,11H,5-7H2,1-4H3/t11-/m0/s1. The second kappa shape index (κ2) is 7.21. The zero-order chi connectivity index (χ0) is 17.0. The molecule has 1 aliphatic rings. The molecule has 23 heavy (non-hydrogen) atoms. The maximum Gasteiger partial charge on any atom is 0.328 e. The van der Waals surface area contributed by atoms with Crippen molar-refractivity contribution < 1.29 is 28.5 Å². The lowest BCUT2D eigenvalue weighted by Crippen LogP contribution is -2.41. The van der Waals surface area contributed by atoms with Crippen LogP contribution in [0.3, 0.4) is 0 Å². The van der Waals surface area contributed by atoms with Gasteiger partial charge in [0.15, 0.2) is 11.5 Å². The number of ether oxygens (including phenoxy) is 4. The molecule has 7 heteroatoms. The normalized spacial score (nSPS) is 16.9. The van der Waals surface area contributed by atoms with Crippen LogP contribution in [0.4, 0.5) is 0 Å². The maximum atomic E-state index is 12.8. The summed E-state index contributed by atoms with van der Waals surface area (Å²) in [6.45, 7) is 0.509. The topological polar surface area (TPSA) is 74.3 Å². The lowest BCUT2D eigenvalue weighted by molar-refractivity contribution is -0.145. The maximum absolute atomic E-state index is 12.8. The number of carbonyl (C=O) groups excluding carboxylic acids is 2. The van der Waals surface area contributed by atoms with Crippen LogP contribution in [-0.4, -0.2) is 57.8 Å². The van der Waals surface area contributed by atoms with Crippen LogP contribution in [0.1, 0.15) is 23.2 Å². The van der Waals surface area contributed by atoms with E-state index >= 15 is 0 Å². The van der Waals surface area contributed by atoms with E-state index in [9.17, 15) is 9.59 Å². The molecular weight excluding hydrogens is 302 g/mol. The van der Waals surface area contributed by atoms with Gasteiger partial charge in [0, 0.05) is 12.1 Å². The Labute approximate surface area is 135 Å². The molecule has 1 aromatic rings. The molecule has 0 unspecified atom stereocenters. The molecule has 126 valence electrons. The molecule has 2 rings (SSSR count). The third kappa shape index (κ3) is 3.18. The molecule has 0 spiro atoms. The van der Waals surface area contributed by atoms with Crippen molar-refractivity contribution in [1.29, 1.82) is 0 Å². The minimum absolute atomic E-state index is 0.267. The highest BCUT2D eigenvalue weighted by Crippen LogP contribution is 2.38. The van der Waals surface area contributed by atoms with Crippen molar-refractivity contribution in [2.45, 2.75) is 18.9 Å². The highest BCUT2D eigenvalue weighted by Gasteiger charge is 2.35. The van der Waals surface area contributed by atoms with Crippen molar-refractivity contribution in [3.8, 4) is 17.2 Å². The van der Waals surface area contributed by atoms with Gasteiger partial charge in [-0.2, -0.15) is 0 Å². The minimum atomic E-state index is -0.549. The molecule has 1 heterocycles. The summed E-state index contributed by atoms with van der Waals surface area (Å²) in [7, 11) is 5.79. The average Bonchev–Trinajstić information content (AvgIpc) is 3.08. The Morgan fingerprint density at radius 3 is 2.13 bits per heavy atom. The zero-order valence-corrected chi connectivity index (χ0v) is 13.8. The Bertz CT molecular complexity index is 575. The van der Waals surface area contributed by atoms with Crippen LogP contribution in [0, 0.1) is 0 Å².